The van der Waals surface area contributed by atoms with E-state index in [0.29, 0.717) is 11.3 Å². The number of aromatic nitrogens is 2. The minimum Gasteiger partial charge on any atom is -0.309 e. The van der Waals surface area contributed by atoms with E-state index in [0.717, 1.165) is 89.1 Å². The van der Waals surface area contributed by atoms with Gasteiger partial charge in [0, 0.05) is 32.9 Å². The van der Waals surface area contributed by atoms with Gasteiger partial charge in [0.2, 0.25) is 5.69 Å². The highest BCUT2D eigenvalue weighted by Crippen LogP contribution is 2.53. The van der Waals surface area contributed by atoms with Gasteiger partial charge in [-0.15, -0.1) is 0 Å². The lowest BCUT2D eigenvalue weighted by molar-refractivity contribution is 1.15. The van der Waals surface area contributed by atoms with E-state index in [1.807, 2.05) is 36.4 Å². The van der Waals surface area contributed by atoms with E-state index in [-0.39, 0.29) is 0 Å². The van der Waals surface area contributed by atoms with Crippen molar-refractivity contribution in [3.63, 3.8) is 0 Å². The molecular weight excluding hydrogens is 753 g/mol. The first kappa shape index (κ1) is 36.6. The first-order valence-corrected chi connectivity index (χ1v) is 20.9. The molecule has 0 atom stereocenters. The van der Waals surface area contributed by atoms with Gasteiger partial charge in [0.1, 0.15) is 0 Å². The molecule has 9 aromatic carbocycles. The summed E-state index contributed by atoms with van der Waals surface area (Å²) >= 11 is 0. The smallest absolute Gasteiger partial charge is 0.213 e. The molecule has 2 aromatic heterocycles. The Hall–Kier alpha value is -8.44. The maximum atomic E-state index is 11.3. The van der Waals surface area contributed by atoms with Crippen LogP contribution in [0.15, 0.2) is 194 Å². The second-order valence-corrected chi connectivity index (χ2v) is 15.9. The number of nitrogens with zero attached hydrogens (tertiary/aromatic N) is 4. The third kappa shape index (κ3) is 5.59. The fourth-order valence-corrected chi connectivity index (χ4v) is 9.80. The van der Waals surface area contributed by atoms with Crippen LogP contribution in [-0.4, -0.2) is 9.13 Å². The molecule has 2 heterocycles. The lowest BCUT2D eigenvalue weighted by Gasteiger charge is -2.25. The van der Waals surface area contributed by atoms with Crippen LogP contribution in [0.25, 0.3) is 104 Å². The average Bonchev–Trinajstić information content (AvgIpc) is 3.84. The Morgan fingerprint density at radius 3 is 1.13 bits per heavy atom. The maximum absolute atomic E-state index is 11.3. The van der Waals surface area contributed by atoms with Gasteiger partial charge >= 0.3 is 0 Å². The SMILES string of the molecule is [C-]#[N+]c1c(C#N)c(-c2ccc(-n3c4ccccc4c4ccccc43)c(C)c2)c(-c2ccccc2)c(-c2ccccc2)c1-c1ccc(-n2c3ccccc3c3ccccc32)c(C)c1. The van der Waals surface area contributed by atoms with Crippen LogP contribution in [0.2, 0.25) is 0 Å². The molecule has 0 aliphatic carbocycles. The Labute approximate surface area is 360 Å². The third-order valence-corrected chi connectivity index (χ3v) is 12.4. The highest BCUT2D eigenvalue weighted by atomic mass is 15.0. The number of para-hydroxylation sites is 4. The molecule has 11 aromatic rings. The van der Waals surface area contributed by atoms with Crippen molar-refractivity contribution in [2.24, 2.45) is 0 Å². The van der Waals surface area contributed by atoms with Crippen LogP contribution < -0.4 is 0 Å². The predicted octanol–water partition coefficient (Wildman–Crippen LogP) is 15.6. The normalized spacial score (nSPS) is 11.4. The molecule has 0 fully saturated rings. The van der Waals surface area contributed by atoms with Gasteiger partial charge in [-0.3, -0.25) is 0 Å². The molecule has 0 aliphatic heterocycles. The lowest BCUT2D eigenvalue weighted by Crippen LogP contribution is -2.02. The summed E-state index contributed by atoms with van der Waals surface area (Å²) in [6, 6.07) is 70.4. The second-order valence-electron chi connectivity index (χ2n) is 15.9. The summed E-state index contributed by atoms with van der Waals surface area (Å²) in [6.45, 7) is 13.1. The molecule has 0 amide bonds. The summed E-state index contributed by atoms with van der Waals surface area (Å²) < 4.78 is 4.67. The van der Waals surface area contributed by atoms with Gasteiger partial charge in [-0.25, -0.2) is 4.85 Å². The summed E-state index contributed by atoms with van der Waals surface area (Å²) in [5.41, 5.74) is 16.6. The van der Waals surface area contributed by atoms with E-state index in [9.17, 15) is 5.26 Å². The van der Waals surface area contributed by atoms with E-state index in [1.54, 1.807) is 0 Å². The summed E-state index contributed by atoms with van der Waals surface area (Å²) in [5.74, 6) is 0. The summed E-state index contributed by atoms with van der Waals surface area (Å²) in [6.07, 6.45) is 0. The fraction of sp³-hybridized carbons (Fsp3) is 0.0345. The molecule has 62 heavy (non-hydrogen) atoms. The van der Waals surface area contributed by atoms with Crippen molar-refractivity contribution in [1.29, 1.82) is 5.26 Å². The van der Waals surface area contributed by atoms with Crippen molar-refractivity contribution < 1.29 is 0 Å². The number of hydrogen-bond acceptors (Lipinski definition) is 1. The van der Waals surface area contributed by atoms with Crippen LogP contribution in [0.3, 0.4) is 0 Å². The number of fused-ring (bicyclic) bond motifs is 6. The predicted molar refractivity (Wildman–Crippen MR) is 257 cm³/mol. The van der Waals surface area contributed by atoms with Gasteiger partial charge in [-0.2, -0.15) is 5.26 Å². The highest BCUT2D eigenvalue weighted by Gasteiger charge is 2.29. The number of benzene rings is 9. The van der Waals surface area contributed by atoms with E-state index in [1.165, 1.54) is 21.5 Å². The molecule has 0 spiro atoms. The van der Waals surface area contributed by atoms with Gasteiger partial charge in [0.25, 0.3) is 0 Å². The average molecular weight is 791 g/mol. The molecule has 4 heteroatoms. The number of nitriles is 1. The molecule has 4 nitrogen and oxygen atoms in total. The number of hydrogen-bond donors (Lipinski definition) is 0. The summed E-state index contributed by atoms with van der Waals surface area (Å²) in [4.78, 5) is 4.28. The first-order chi connectivity index (χ1) is 30.6. The zero-order valence-corrected chi connectivity index (χ0v) is 34.3. The fourth-order valence-electron chi connectivity index (χ4n) is 9.80. The van der Waals surface area contributed by atoms with Gasteiger partial charge in [-0.05, 0) is 112 Å². The molecule has 11 rings (SSSR count). The monoisotopic (exact) mass is 790 g/mol. The standard InChI is InChI=1S/C58H38N4/c1-37-34-41(30-32-48(37)61-50-26-14-10-22-43(50)44-23-11-15-27-51(44)61)54-47(36-59)58(60-3)57(56(40-20-8-5-9-21-40)55(54)39-18-6-4-7-19-39)42-31-33-49(38(2)35-42)62-52-28-16-12-24-45(52)46-25-13-17-29-53(46)62/h4-35H,1-2H3. The molecule has 290 valence electrons. The van der Waals surface area contributed by atoms with Crippen molar-refractivity contribution in [1.82, 2.24) is 9.13 Å². The van der Waals surface area contributed by atoms with Crippen LogP contribution in [0.5, 0.6) is 0 Å². The van der Waals surface area contributed by atoms with Crippen LogP contribution in [0.1, 0.15) is 16.7 Å². The van der Waals surface area contributed by atoms with Crippen LogP contribution in [-0.2, 0) is 0 Å². The molecule has 0 bridgehead atoms. The van der Waals surface area contributed by atoms with Gasteiger partial charge in [0.15, 0.2) is 0 Å². The van der Waals surface area contributed by atoms with E-state index in [2.05, 4.69) is 192 Å². The lowest BCUT2D eigenvalue weighted by atomic mass is 9.79. The van der Waals surface area contributed by atoms with Crippen molar-refractivity contribution >= 4 is 49.3 Å². The second kappa shape index (κ2) is 14.7. The summed E-state index contributed by atoms with van der Waals surface area (Å²) in [5, 5.41) is 16.1. The summed E-state index contributed by atoms with van der Waals surface area (Å²) in [7, 11) is 0. The highest BCUT2D eigenvalue weighted by molar-refractivity contribution is 6.12. The van der Waals surface area contributed by atoms with Crippen LogP contribution in [0, 0.1) is 31.8 Å². The minimum absolute atomic E-state index is 0.342. The van der Waals surface area contributed by atoms with E-state index >= 15 is 0 Å². The zero-order valence-electron chi connectivity index (χ0n) is 34.3. The van der Waals surface area contributed by atoms with E-state index < -0.39 is 0 Å². The Balaban J connectivity index is 1.19. The maximum Gasteiger partial charge on any atom is 0.213 e. The van der Waals surface area contributed by atoms with Crippen molar-refractivity contribution in [2.45, 2.75) is 13.8 Å². The Bertz CT molecular complexity index is 3320. The Kier molecular flexibility index (Phi) is 8.67. The van der Waals surface area contributed by atoms with Crippen molar-refractivity contribution in [3.05, 3.63) is 222 Å². The van der Waals surface area contributed by atoms with Gasteiger partial charge < -0.3 is 9.13 Å². The number of aryl methyl sites for hydroxylation is 2. The van der Waals surface area contributed by atoms with E-state index in [4.69, 9.17) is 6.57 Å². The number of rotatable bonds is 6. The Morgan fingerprint density at radius 2 is 0.758 bits per heavy atom. The third-order valence-electron chi connectivity index (χ3n) is 12.4. The molecule has 0 unspecified atom stereocenters. The topological polar surface area (TPSA) is 38.0 Å². The largest absolute Gasteiger partial charge is 0.309 e. The van der Waals surface area contributed by atoms with Gasteiger partial charge in [-0.1, -0.05) is 152 Å². The molecule has 0 aliphatic rings. The molecule has 0 radical (unpaired) electrons. The molecular formula is C58H38N4. The van der Waals surface area contributed by atoms with Crippen molar-refractivity contribution in [3.8, 4) is 62.0 Å². The molecule has 0 N–H and O–H groups in total. The van der Waals surface area contributed by atoms with Crippen LogP contribution >= 0.6 is 0 Å². The molecule has 0 saturated heterocycles. The first-order valence-electron chi connectivity index (χ1n) is 20.9. The van der Waals surface area contributed by atoms with Crippen LogP contribution in [0.4, 0.5) is 5.69 Å². The quantitative estimate of drug-likeness (QED) is 0.155. The Morgan fingerprint density at radius 1 is 0.403 bits per heavy atom. The zero-order chi connectivity index (χ0) is 41.9. The molecule has 0 saturated carbocycles. The van der Waals surface area contributed by atoms with Crippen molar-refractivity contribution in [2.75, 3.05) is 0 Å². The van der Waals surface area contributed by atoms with Gasteiger partial charge in [0.05, 0.1) is 40.3 Å². The minimum atomic E-state index is 0.342.